The van der Waals surface area contributed by atoms with Gasteiger partial charge < -0.3 is 24.8 Å². The summed E-state index contributed by atoms with van der Waals surface area (Å²) in [5.41, 5.74) is 1.76. The molecule has 0 bridgehead atoms. The first-order valence-corrected chi connectivity index (χ1v) is 8.82. The highest BCUT2D eigenvalue weighted by molar-refractivity contribution is 5.79. The number of hydrogen-bond donors (Lipinski definition) is 2. The summed E-state index contributed by atoms with van der Waals surface area (Å²) in [5, 5.41) is 6.39. The fraction of sp³-hybridized carbons (Fsp3) is 0.350. The minimum atomic E-state index is -2.85. The molecule has 0 spiro atoms. The molecule has 0 heterocycles. The number of methoxy groups -OCH3 is 2. The van der Waals surface area contributed by atoms with Crippen LogP contribution in [0.3, 0.4) is 0 Å². The lowest BCUT2D eigenvalue weighted by Gasteiger charge is -2.13. The molecule has 0 atom stereocenters. The smallest absolute Gasteiger partial charge is 0.387 e. The second-order valence-corrected chi connectivity index (χ2v) is 5.76. The van der Waals surface area contributed by atoms with Gasteiger partial charge in [0.15, 0.2) is 17.5 Å². The quantitative estimate of drug-likeness (QED) is 0.504. The van der Waals surface area contributed by atoms with Crippen LogP contribution in [0.2, 0.25) is 0 Å². The molecule has 0 saturated heterocycles. The van der Waals surface area contributed by atoms with Crippen molar-refractivity contribution in [3.8, 4) is 17.2 Å². The van der Waals surface area contributed by atoms with E-state index in [9.17, 15) is 8.78 Å². The number of halogens is 2. The van der Waals surface area contributed by atoms with Crippen LogP contribution in [-0.4, -0.2) is 33.3 Å². The fourth-order valence-corrected chi connectivity index (χ4v) is 2.51. The third-order valence-electron chi connectivity index (χ3n) is 3.80. The van der Waals surface area contributed by atoms with Gasteiger partial charge in [-0.2, -0.15) is 8.78 Å². The van der Waals surface area contributed by atoms with E-state index in [2.05, 4.69) is 20.4 Å². The zero-order valence-corrected chi connectivity index (χ0v) is 16.2. The summed E-state index contributed by atoms with van der Waals surface area (Å²) < 4.78 is 39.7. The Hall–Kier alpha value is -3.03. The fourth-order valence-electron chi connectivity index (χ4n) is 2.51. The molecule has 28 heavy (non-hydrogen) atoms. The molecule has 0 aromatic heterocycles. The van der Waals surface area contributed by atoms with Gasteiger partial charge in [0.05, 0.1) is 20.8 Å². The summed E-state index contributed by atoms with van der Waals surface area (Å²) in [6, 6.07) is 12.2. The van der Waals surface area contributed by atoms with Gasteiger partial charge >= 0.3 is 6.61 Å². The van der Waals surface area contributed by atoms with Crippen molar-refractivity contribution in [1.82, 2.24) is 10.6 Å². The minimum Gasteiger partial charge on any atom is -0.493 e. The number of benzene rings is 2. The average Bonchev–Trinajstić information content (AvgIpc) is 2.69. The van der Waals surface area contributed by atoms with Crippen molar-refractivity contribution in [3.63, 3.8) is 0 Å². The molecule has 0 fully saturated rings. The number of aliphatic imine (C=N–C) groups is 1. The summed E-state index contributed by atoms with van der Waals surface area (Å²) in [5.74, 6) is 2.04. The van der Waals surface area contributed by atoms with Gasteiger partial charge in [-0.05, 0) is 42.3 Å². The normalized spacial score (nSPS) is 11.3. The average molecular weight is 393 g/mol. The van der Waals surface area contributed by atoms with Crippen molar-refractivity contribution in [2.45, 2.75) is 26.6 Å². The van der Waals surface area contributed by atoms with Crippen LogP contribution in [0.4, 0.5) is 8.78 Å². The van der Waals surface area contributed by atoms with Crippen LogP contribution < -0.4 is 24.8 Å². The van der Waals surface area contributed by atoms with Crippen LogP contribution in [0.5, 0.6) is 17.2 Å². The summed E-state index contributed by atoms with van der Waals surface area (Å²) in [6.07, 6.45) is 0. The number of nitrogens with zero attached hydrogens (tertiary/aromatic N) is 1. The highest BCUT2D eigenvalue weighted by Gasteiger charge is 2.07. The maximum atomic E-state index is 12.3. The predicted octanol–water partition coefficient (Wildman–Crippen LogP) is 3.56. The van der Waals surface area contributed by atoms with E-state index in [0.29, 0.717) is 37.1 Å². The number of ether oxygens (including phenoxy) is 3. The van der Waals surface area contributed by atoms with E-state index in [-0.39, 0.29) is 5.75 Å². The number of rotatable bonds is 9. The topological polar surface area (TPSA) is 64.1 Å². The van der Waals surface area contributed by atoms with E-state index in [0.717, 1.165) is 11.1 Å². The second-order valence-electron chi connectivity index (χ2n) is 5.76. The molecule has 2 rings (SSSR count). The van der Waals surface area contributed by atoms with Crippen molar-refractivity contribution >= 4 is 5.96 Å². The molecule has 0 radical (unpaired) electrons. The third-order valence-corrected chi connectivity index (χ3v) is 3.80. The predicted molar refractivity (Wildman–Crippen MR) is 104 cm³/mol. The van der Waals surface area contributed by atoms with Crippen molar-refractivity contribution in [2.24, 2.45) is 4.99 Å². The van der Waals surface area contributed by atoms with E-state index in [1.807, 2.05) is 25.1 Å². The number of alkyl halides is 2. The molecule has 2 aromatic carbocycles. The molecule has 0 aliphatic rings. The number of nitrogens with one attached hydrogen (secondary N) is 2. The zero-order valence-electron chi connectivity index (χ0n) is 16.2. The lowest BCUT2D eigenvalue weighted by atomic mass is 10.2. The molecule has 0 aliphatic heterocycles. The van der Waals surface area contributed by atoms with E-state index in [1.165, 1.54) is 6.07 Å². The maximum absolute atomic E-state index is 12.3. The number of guanidine groups is 1. The van der Waals surface area contributed by atoms with Crippen LogP contribution in [0.25, 0.3) is 0 Å². The van der Waals surface area contributed by atoms with Crippen LogP contribution in [0, 0.1) is 0 Å². The Kier molecular flexibility index (Phi) is 8.33. The van der Waals surface area contributed by atoms with Crippen molar-refractivity contribution in [1.29, 1.82) is 0 Å². The number of hydrogen-bond acceptors (Lipinski definition) is 4. The molecule has 2 aromatic rings. The van der Waals surface area contributed by atoms with E-state index in [4.69, 9.17) is 9.47 Å². The highest BCUT2D eigenvalue weighted by Crippen LogP contribution is 2.27. The van der Waals surface area contributed by atoms with Gasteiger partial charge in [-0.15, -0.1) is 0 Å². The molecular weight excluding hydrogens is 368 g/mol. The van der Waals surface area contributed by atoms with Gasteiger partial charge in [-0.25, -0.2) is 4.99 Å². The summed E-state index contributed by atoms with van der Waals surface area (Å²) in [7, 11) is 3.18. The molecule has 0 amide bonds. The first kappa shape index (κ1) is 21.3. The summed E-state index contributed by atoms with van der Waals surface area (Å²) >= 11 is 0. The van der Waals surface area contributed by atoms with Gasteiger partial charge in [-0.3, -0.25) is 0 Å². The molecule has 2 N–H and O–H groups in total. The standard InChI is InChI=1S/C20H25F2N3O3/c1-4-23-20(24-12-14-6-5-7-16(10-14)28-19(21)22)25-13-15-8-9-17(26-2)18(11-15)27-3/h5-11,19H,4,12-13H2,1-3H3,(H2,23,24,25). The summed E-state index contributed by atoms with van der Waals surface area (Å²) in [6.45, 7) is 0.651. The lowest BCUT2D eigenvalue weighted by molar-refractivity contribution is -0.0498. The molecule has 0 aliphatic carbocycles. The van der Waals surface area contributed by atoms with Crippen molar-refractivity contribution in [2.75, 3.05) is 20.8 Å². The van der Waals surface area contributed by atoms with Crippen LogP contribution in [-0.2, 0) is 13.1 Å². The minimum absolute atomic E-state index is 0.117. The highest BCUT2D eigenvalue weighted by atomic mass is 19.3. The molecular formula is C20H25F2N3O3. The van der Waals surface area contributed by atoms with E-state index < -0.39 is 6.61 Å². The van der Waals surface area contributed by atoms with E-state index in [1.54, 1.807) is 32.4 Å². The molecule has 0 unspecified atom stereocenters. The van der Waals surface area contributed by atoms with Crippen molar-refractivity contribution < 1.29 is 23.0 Å². The van der Waals surface area contributed by atoms with Gasteiger partial charge in [-0.1, -0.05) is 18.2 Å². The lowest BCUT2D eigenvalue weighted by Crippen LogP contribution is -2.36. The third kappa shape index (κ3) is 6.61. The SMILES string of the molecule is CCNC(=NCc1cccc(OC(F)F)c1)NCc1ccc(OC)c(OC)c1. The van der Waals surface area contributed by atoms with Gasteiger partial charge in [0.2, 0.25) is 0 Å². The monoisotopic (exact) mass is 393 g/mol. The zero-order chi connectivity index (χ0) is 20.4. The van der Waals surface area contributed by atoms with Crippen LogP contribution >= 0.6 is 0 Å². The van der Waals surface area contributed by atoms with Crippen LogP contribution in [0.15, 0.2) is 47.5 Å². The van der Waals surface area contributed by atoms with Crippen LogP contribution in [0.1, 0.15) is 18.1 Å². The Morgan fingerprint density at radius 3 is 2.46 bits per heavy atom. The van der Waals surface area contributed by atoms with E-state index >= 15 is 0 Å². The van der Waals surface area contributed by atoms with Gasteiger partial charge in [0.25, 0.3) is 0 Å². The maximum Gasteiger partial charge on any atom is 0.387 e. The Bertz CT molecular complexity index is 785. The Morgan fingerprint density at radius 1 is 1.00 bits per heavy atom. The Balaban J connectivity index is 2.02. The van der Waals surface area contributed by atoms with Crippen molar-refractivity contribution in [3.05, 3.63) is 53.6 Å². The molecule has 8 heteroatoms. The second kappa shape index (κ2) is 11.0. The largest absolute Gasteiger partial charge is 0.493 e. The molecule has 6 nitrogen and oxygen atoms in total. The molecule has 0 saturated carbocycles. The summed E-state index contributed by atoms with van der Waals surface area (Å²) in [4.78, 5) is 4.49. The van der Waals surface area contributed by atoms with Gasteiger partial charge in [0.1, 0.15) is 5.75 Å². The van der Waals surface area contributed by atoms with Gasteiger partial charge in [0, 0.05) is 13.1 Å². The Labute approximate surface area is 163 Å². The first-order chi connectivity index (χ1) is 13.5. The first-order valence-electron chi connectivity index (χ1n) is 8.82. The molecule has 152 valence electrons. The Morgan fingerprint density at radius 2 is 1.79 bits per heavy atom.